The molecular weight excluding hydrogens is 292 g/mol. The first-order chi connectivity index (χ1) is 10.5. The van der Waals surface area contributed by atoms with Gasteiger partial charge in [-0.15, -0.1) is 0 Å². The smallest absolute Gasteiger partial charge is 0.342 e. The van der Waals surface area contributed by atoms with Crippen LogP contribution in [0.15, 0.2) is 41.5 Å². The van der Waals surface area contributed by atoms with E-state index in [2.05, 4.69) is 4.89 Å². The van der Waals surface area contributed by atoms with Crippen molar-refractivity contribution in [2.45, 2.75) is 18.7 Å². The lowest BCUT2D eigenvalue weighted by Crippen LogP contribution is -2.43. The summed E-state index contributed by atoms with van der Waals surface area (Å²) >= 11 is 0. The van der Waals surface area contributed by atoms with Gasteiger partial charge in [-0.05, 0) is 6.92 Å². The van der Waals surface area contributed by atoms with Crippen molar-refractivity contribution in [1.82, 2.24) is 0 Å². The van der Waals surface area contributed by atoms with Crippen molar-refractivity contribution in [3.05, 3.63) is 47.0 Å². The van der Waals surface area contributed by atoms with Crippen molar-refractivity contribution in [3.63, 3.8) is 0 Å². The minimum atomic E-state index is -1.85. The lowest BCUT2D eigenvalue weighted by molar-refractivity contribution is -0.462. The molecule has 7 heteroatoms. The number of ether oxygens (including phenoxy) is 4. The molecule has 0 aromatic heterocycles. The Balaban J connectivity index is 2.69. The zero-order valence-corrected chi connectivity index (χ0v) is 12.8. The Labute approximate surface area is 127 Å². The van der Waals surface area contributed by atoms with Gasteiger partial charge in [0.05, 0.1) is 7.11 Å². The second-order valence-electron chi connectivity index (χ2n) is 4.63. The molecule has 1 aromatic rings. The Hall–Kier alpha value is -1.77. The first kappa shape index (κ1) is 16.6. The third-order valence-electron chi connectivity index (χ3n) is 3.66. The predicted molar refractivity (Wildman–Crippen MR) is 74.4 cm³/mol. The van der Waals surface area contributed by atoms with E-state index in [0.29, 0.717) is 5.56 Å². The van der Waals surface area contributed by atoms with Crippen molar-refractivity contribution in [3.8, 4) is 0 Å². The molecule has 0 amide bonds. The molecule has 0 radical (unpaired) electrons. The fourth-order valence-corrected chi connectivity index (χ4v) is 2.53. The summed E-state index contributed by atoms with van der Waals surface area (Å²) in [7, 11) is 3.83. The second kappa shape index (κ2) is 6.15. The number of carbonyl (C=O) groups excluding carboxylic acids is 1. The van der Waals surface area contributed by atoms with Gasteiger partial charge in [0.25, 0.3) is 5.79 Å². The van der Waals surface area contributed by atoms with E-state index in [0.717, 1.165) is 0 Å². The first-order valence-corrected chi connectivity index (χ1v) is 6.50. The van der Waals surface area contributed by atoms with Gasteiger partial charge in [-0.3, -0.25) is 4.74 Å². The Morgan fingerprint density at radius 3 is 2.18 bits per heavy atom. The summed E-state index contributed by atoms with van der Waals surface area (Å²) < 4.78 is 21.0. The topological polar surface area (TPSA) is 83.5 Å². The van der Waals surface area contributed by atoms with Gasteiger partial charge < -0.3 is 14.2 Å². The van der Waals surface area contributed by atoms with E-state index in [1.165, 1.54) is 21.3 Å². The van der Waals surface area contributed by atoms with Crippen LogP contribution in [0.3, 0.4) is 0 Å². The molecule has 120 valence electrons. The van der Waals surface area contributed by atoms with Crippen LogP contribution in [0.2, 0.25) is 0 Å². The maximum absolute atomic E-state index is 12.1. The number of hydrogen-bond donors (Lipinski definition) is 1. The highest BCUT2D eigenvalue weighted by Gasteiger charge is 2.60. The molecule has 0 fully saturated rings. The van der Waals surface area contributed by atoms with Crippen LogP contribution in [0, 0.1) is 0 Å². The number of esters is 1. The van der Waals surface area contributed by atoms with E-state index in [1.54, 1.807) is 37.3 Å². The van der Waals surface area contributed by atoms with Crippen LogP contribution < -0.4 is 0 Å². The Kier molecular flexibility index (Phi) is 4.64. The molecule has 0 spiro atoms. The molecule has 1 atom stereocenters. The minimum Gasteiger partial charge on any atom is -0.465 e. The zero-order valence-electron chi connectivity index (χ0n) is 12.8. The molecule has 0 bridgehead atoms. The average Bonchev–Trinajstić information content (AvgIpc) is 2.85. The highest BCUT2D eigenvalue weighted by Crippen LogP contribution is 2.49. The number of rotatable bonds is 5. The van der Waals surface area contributed by atoms with Crippen LogP contribution in [0.5, 0.6) is 0 Å². The van der Waals surface area contributed by atoms with Crippen molar-refractivity contribution in [1.29, 1.82) is 0 Å². The van der Waals surface area contributed by atoms with Crippen molar-refractivity contribution >= 4 is 5.97 Å². The molecule has 2 rings (SSSR count). The third-order valence-corrected chi connectivity index (χ3v) is 3.66. The normalized spacial score (nSPS) is 23.7. The highest BCUT2D eigenvalue weighted by atomic mass is 17.2. The molecule has 0 aliphatic carbocycles. The molecule has 7 nitrogen and oxygen atoms in total. The molecule has 0 unspecified atom stereocenters. The number of hydrogen-bond acceptors (Lipinski definition) is 7. The van der Waals surface area contributed by atoms with Gasteiger partial charge in [0.1, 0.15) is 5.57 Å². The predicted octanol–water partition coefficient (Wildman–Crippen LogP) is 1.80. The number of benzene rings is 1. The molecule has 1 aromatic carbocycles. The molecule has 1 heterocycles. The van der Waals surface area contributed by atoms with Gasteiger partial charge in [-0.1, -0.05) is 30.3 Å². The summed E-state index contributed by atoms with van der Waals surface area (Å²) in [5, 5.41) is 9.51. The van der Waals surface area contributed by atoms with Gasteiger partial charge in [0.2, 0.25) is 0 Å². The SMILES string of the molecule is COC(=O)C1=C(C)[C@](OO)(c2ccccc2)OC1(OC)OC. The van der Waals surface area contributed by atoms with Gasteiger partial charge in [-0.2, -0.15) is 4.89 Å². The van der Waals surface area contributed by atoms with Crippen LogP contribution in [-0.2, 0) is 34.4 Å². The van der Waals surface area contributed by atoms with E-state index >= 15 is 0 Å². The fraction of sp³-hybridized carbons (Fsp3) is 0.400. The fourth-order valence-electron chi connectivity index (χ4n) is 2.53. The van der Waals surface area contributed by atoms with Gasteiger partial charge >= 0.3 is 11.9 Å². The molecule has 0 saturated carbocycles. The van der Waals surface area contributed by atoms with E-state index in [-0.39, 0.29) is 11.1 Å². The van der Waals surface area contributed by atoms with Crippen LogP contribution in [-0.4, -0.2) is 38.5 Å². The highest BCUT2D eigenvalue weighted by molar-refractivity contribution is 5.91. The molecular formula is C15H18O7. The van der Waals surface area contributed by atoms with E-state index < -0.39 is 17.7 Å². The molecule has 1 aliphatic heterocycles. The van der Waals surface area contributed by atoms with Crippen molar-refractivity contribution in [2.75, 3.05) is 21.3 Å². The zero-order chi connectivity index (χ0) is 16.4. The third kappa shape index (κ3) is 2.23. The molecule has 22 heavy (non-hydrogen) atoms. The maximum atomic E-state index is 12.1. The van der Waals surface area contributed by atoms with Gasteiger partial charge in [-0.25, -0.2) is 10.1 Å². The first-order valence-electron chi connectivity index (χ1n) is 6.50. The van der Waals surface area contributed by atoms with Crippen molar-refractivity contribution < 1.29 is 33.9 Å². The summed E-state index contributed by atoms with van der Waals surface area (Å²) in [4.78, 5) is 16.8. The standard InChI is InChI=1S/C15H18O7/c1-10-12(13(16)18-2)15(19-3,20-4)21-14(10,22-17)11-8-6-5-7-9-11/h5-9,17H,1-4H3/t14-/m0/s1. The summed E-state index contributed by atoms with van der Waals surface area (Å²) in [6.07, 6.45) is 0. The number of methoxy groups -OCH3 is 3. The molecule has 0 saturated heterocycles. The van der Waals surface area contributed by atoms with Gasteiger partial charge in [0.15, 0.2) is 0 Å². The Morgan fingerprint density at radius 1 is 1.14 bits per heavy atom. The van der Waals surface area contributed by atoms with E-state index in [9.17, 15) is 10.1 Å². The van der Waals surface area contributed by atoms with Crippen molar-refractivity contribution in [2.24, 2.45) is 0 Å². The maximum Gasteiger partial charge on any atom is 0.342 e. The summed E-state index contributed by atoms with van der Waals surface area (Å²) in [6.45, 7) is 1.56. The summed E-state index contributed by atoms with van der Waals surface area (Å²) in [6, 6.07) is 8.63. The molecule has 1 aliphatic rings. The summed E-state index contributed by atoms with van der Waals surface area (Å²) in [5.41, 5.74) is 0.696. The minimum absolute atomic E-state index is 0.0297. The van der Waals surface area contributed by atoms with E-state index in [4.69, 9.17) is 18.9 Å². The van der Waals surface area contributed by atoms with Crippen LogP contribution in [0.25, 0.3) is 0 Å². The largest absolute Gasteiger partial charge is 0.465 e. The second-order valence-corrected chi connectivity index (χ2v) is 4.63. The average molecular weight is 310 g/mol. The monoisotopic (exact) mass is 310 g/mol. The number of carbonyl (C=O) groups is 1. The molecule has 1 N–H and O–H groups in total. The van der Waals surface area contributed by atoms with Crippen LogP contribution in [0.4, 0.5) is 0 Å². The lowest BCUT2D eigenvalue weighted by Gasteiger charge is -2.32. The van der Waals surface area contributed by atoms with Crippen LogP contribution in [0.1, 0.15) is 12.5 Å². The van der Waals surface area contributed by atoms with E-state index in [1.807, 2.05) is 0 Å². The lowest BCUT2D eigenvalue weighted by atomic mass is 9.96. The Bertz CT molecular complexity index is 577. The van der Waals surface area contributed by atoms with Crippen LogP contribution >= 0.6 is 0 Å². The Morgan fingerprint density at radius 2 is 1.73 bits per heavy atom. The quantitative estimate of drug-likeness (QED) is 0.384. The van der Waals surface area contributed by atoms with Gasteiger partial charge in [0, 0.05) is 25.4 Å². The summed E-state index contributed by atoms with van der Waals surface area (Å²) in [5.74, 6) is -4.30.